The Bertz CT molecular complexity index is 577. The van der Waals surface area contributed by atoms with Gasteiger partial charge in [-0.1, -0.05) is 6.07 Å². The molecule has 1 aromatic carbocycles. The Morgan fingerprint density at radius 2 is 2.29 bits per heavy atom. The Kier molecular flexibility index (Phi) is 3.39. The van der Waals surface area contributed by atoms with Gasteiger partial charge in [-0.2, -0.15) is 0 Å². The number of para-hydroxylation sites is 1. The molecule has 0 saturated heterocycles. The van der Waals surface area contributed by atoms with E-state index in [2.05, 4.69) is 9.97 Å². The van der Waals surface area contributed by atoms with Crippen molar-refractivity contribution in [3.05, 3.63) is 34.4 Å². The first-order valence-electron chi connectivity index (χ1n) is 5.43. The lowest BCUT2D eigenvalue weighted by Crippen LogP contribution is -2.12. The van der Waals surface area contributed by atoms with Crippen LogP contribution in [-0.2, 0) is 6.42 Å². The van der Waals surface area contributed by atoms with Gasteiger partial charge in [0.15, 0.2) is 0 Å². The minimum Gasteiger partial charge on any atom is -0.494 e. The first kappa shape index (κ1) is 11.6. The van der Waals surface area contributed by atoms with Crippen LogP contribution in [-0.4, -0.2) is 28.8 Å². The fourth-order valence-corrected chi connectivity index (χ4v) is 1.71. The highest BCUT2D eigenvalue weighted by atomic mass is 16.5. The van der Waals surface area contributed by atoms with Crippen molar-refractivity contribution < 1.29 is 9.84 Å². The van der Waals surface area contributed by atoms with Gasteiger partial charge in [-0.25, -0.2) is 4.98 Å². The van der Waals surface area contributed by atoms with Crippen molar-refractivity contribution in [2.45, 2.75) is 12.8 Å². The molecule has 2 rings (SSSR count). The minimum absolute atomic E-state index is 0.0771. The van der Waals surface area contributed by atoms with Gasteiger partial charge in [0.1, 0.15) is 17.1 Å². The van der Waals surface area contributed by atoms with E-state index in [4.69, 9.17) is 9.84 Å². The third-order valence-electron chi connectivity index (χ3n) is 2.54. The number of aryl methyl sites for hydroxylation is 1. The van der Waals surface area contributed by atoms with Crippen LogP contribution in [0, 0.1) is 0 Å². The van der Waals surface area contributed by atoms with Gasteiger partial charge in [-0.05, 0) is 18.6 Å². The van der Waals surface area contributed by atoms with Crippen LogP contribution in [0.4, 0.5) is 0 Å². The predicted octanol–water partition coefficient (Wildman–Crippen LogP) is 0.857. The van der Waals surface area contributed by atoms with Crippen molar-refractivity contribution in [2.24, 2.45) is 0 Å². The lowest BCUT2D eigenvalue weighted by molar-refractivity contribution is 0.287. The van der Waals surface area contributed by atoms with Crippen molar-refractivity contribution in [1.29, 1.82) is 0 Å². The monoisotopic (exact) mass is 234 g/mol. The SMILES string of the molecule is COc1cccc2c(=O)[nH]c(CCCO)nc12. The van der Waals surface area contributed by atoms with Gasteiger partial charge < -0.3 is 14.8 Å². The van der Waals surface area contributed by atoms with Gasteiger partial charge in [-0.15, -0.1) is 0 Å². The van der Waals surface area contributed by atoms with Gasteiger partial charge in [0.2, 0.25) is 0 Å². The lowest BCUT2D eigenvalue weighted by atomic mass is 10.2. The third kappa shape index (κ3) is 2.29. The van der Waals surface area contributed by atoms with Gasteiger partial charge in [0.05, 0.1) is 12.5 Å². The molecule has 0 radical (unpaired) electrons. The highest BCUT2D eigenvalue weighted by Crippen LogP contribution is 2.20. The normalized spacial score (nSPS) is 10.7. The molecule has 1 aromatic heterocycles. The Labute approximate surface area is 98.1 Å². The predicted molar refractivity (Wildman–Crippen MR) is 64.3 cm³/mol. The molecular formula is C12H14N2O3. The fourth-order valence-electron chi connectivity index (χ4n) is 1.71. The number of benzene rings is 1. The lowest BCUT2D eigenvalue weighted by Gasteiger charge is -2.06. The molecule has 2 aromatic rings. The summed E-state index contributed by atoms with van der Waals surface area (Å²) >= 11 is 0. The van der Waals surface area contributed by atoms with Crippen LogP contribution in [0.3, 0.4) is 0 Å². The maximum absolute atomic E-state index is 11.8. The number of aliphatic hydroxyl groups excluding tert-OH is 1. The number of methoxy groups -OCH3 is 1. The van der Waals surface area contributed by atoms with Crippen molar-refractivity contribution in [3.63, 3.8) is 0 Å². The van der Waals surface area contributed by atoms with E-state index in [-0.39, 0.29) is 12.2 Å². The summed E-state index contributed by atoms with van der Waals surface area (Å²) in [5.74, 6) is 1.15. The number of ether oxygens (including phenoxy) is 1. The van der Waals surface area contributed by atoms with E-state index in [1.165, 1.54) is 0 Å². The molecule has 0 amide bonds. The Morgan fingerprint density at radius 1 is 1.47 bits per heavy atom. The molecule has 0 bridgehead atoms. The molecule has 0 atom stereocenters. The molecule has 17 heavy (non-hydrogen) atoms. The topological polar surface area (TPSA) is 75.2 Å². The van der Waals surface area contributed by atoms with Gasteiger partial charge in [0, 0.05) is 13.0 Å². The molecule has 5 heteroatoms. The maximum Gasteiger partial charge on any atom is 0.258 e. The zero-order chi connectivity index (χ0) is 12.3. The molecule has 2 N–H and O–H groups in total. The summed E-state index contributed by atoms with van der Waals surface area (Å²) in [5.41, 5.74) is 0.383. The highest BCUT2D eigenvalue weighted by Gasteiger charge is 2.07. The molecule has 90 valence electrons. The van der Waals surface area contributed by atoms with Crippen LogP contribution >= 0.6 is 0 Å². The largest absolute Gasteiger partial charge is 0.494 e. The number of aliphatic hydroxyl groups is 1. The molecule has 1 heterocycles. The van der Waals surface area contributed by atoms with E-state index in [9.17, 15) is 4.79 Å². The van der Waals surface area contributed by atoms with Crippen LogP contribution in [0.2, 0.25) is 0 Å². The van der Waals surface area contributed by atoms with Crippen molar-refractivity contribution >= 4 is 10.9 Å². The van der Waals surface area contributed by atoms with E-state index in [1.807, 2.05) is 0 Å². The molecule has 0 aliphatic carbocycles. The van der Waals surface area contributed by atoms with E-state index in [1.54, 1.807) is 25.3 Å². The minimum atomic E-state index is -0.179. The number of fused-ring (bicyclic) bond motifs is 1. The summed E-state index contributed by atoms with van der Waals surface area (Å²) < 4.78 is 5.18. The third-order valence-corrected chi connectivity index (χ3v) is 2.54. The summed E-state index contributed by atoms with van der Waals surface area (Å²) in [6.07, 6.45) is 1.11. The number of aromatic nitrogens is 2. The molecule has 5 nitrogen and oxygen atoms in total. The average molecular weight is 234 g/mol. The Morgan fingerprint density at radius 3 is 3.00 bits per heavy atom. The molecule has 0 spiro atoms. The Balaban J connectivity index is 2.57. The van der Waals surface area contributed by atoms with Crippen LogP contribution in [0.5, 0.6) is 5.75 Å². The number of H-pyrrole nitrogens is 1. The van der Waals surface area contributed by atoms with Crippen LogP contribution in [0.15, 0.2) is 23.0 Å². The average Bonchev–Trinajstić information content (AvgIpc) is 2.35. The van der Waals surface area contributed by atoms with E-state index in [0.29, 0.717) is 35.3 Å². The number of nitrogens with one attached hydrogen (secondary N) is 1. The zero-order valence-electron chi connectivity index (χ0n) is 9.56. The maximum atomic E-state index is 11.8. The number of hydrogen-bond donors (Lipinski definition) is 2. The Hall–Kier alpha value is -1.88. The van der Waals surface area contributed by atoms with Gasteiger partial charge in [0.25, 0.3) is 5.56 Å². The molecule has 0 aliphatic rings. The van der Waals surface area contributed by atoms with Crippen molar-refractivity contribution in [2.75, 3.05) is 13.7 Å². The highest BCUT2D eigenvalue weighted by molar-refractivity contribution is 5.83. The second kappa shape index (κ2) is 4.97. The number of hydrogen-bond acceptors (Lipinski definition) is 4. The number of rotatable bonds is 4. The van der Waals surface area contributed by atoms with Crippen molar-refractivity contribution in [1.82, 2.24) is 9.97 Å². The van der Waals surface area contributed by atoms with Crippen LogP contribution in [0.1, 0.15) is 12.2 Å². The first-order chi connectivity index (χ1) is 8.26. The van der Waals surface area contributed by atoms with Crippen LogP contribution in [0.25, 0.3) is 10.9 Å². The summed E-state index contributed by atoms with van der Waals surface area (Å²) in [6, 6.07) is 5.23. The standard InChI is InChI=1S/C12H14N2O3/c1-17-9-5-2-4-8-11(9)13-10(6-3-7-15)14-12(8)16/h2,4-5,15H,3,6-7H2,1H3,(H,13,14,16). The molecule has 0 saturated carbocycles. The molecule has 0 fully saturated rings. The van der Waals surface area contributed by atoms with E-state index in [0.717, 1.165) is 0 Å². The van der Waals surface area contributed by atoms with Crippen LogP contribution < -0.4 is 10.3 Å². The second-order valence-electron chi connectivity index (χ2n) is 3.70. The zero-order valence-corrected chi connectivity index (χ0v) is 9.56. The first-order valence-corrected chi connectivity index (χ1v) is 5.43. The van der Waals surface area contributed by atoms with Gasteiger partial charge in [-0.3, -0.25) is 4.79 Å². The molecule has 0 aliphatic heterocycles. The quantitative estimate of drug-likeness (QED) is 0.822. The van der Waals surface area contributed by atoms with E-state index >= 15 is 0 Å². The molecular weight excluding hydrogens is 220 g/mol. The summed E-state index contributed by atoms with van der Waals surface area (Å²) in [6.45, 7) is 0.0771. The summed E-state index contributed by atoms with van der Waals surface area (Å²) in [5, 5.41) is 9.28. The van der Waals surface area contributed by atoms with Crippen molar-refractivity contribution in [3.8, 4) is 5.75 Å². The molecule has 0 unspecified atom stereocenters. The summed E-state index contributed by atoms with van der Waals surface area (Å²) in [7, 11) is 1.55. The second-order valence-corrected chi connectivity index (χ2v) is 3.70. The van der Waals surface area contributed by atoms with Gasteiger partial charge >= 0.3 is 0 Å². The number of aromatic amines is 1. The fraction of sp³-hybridized carbons (Fsp3) is 0.333. The van der Waals surface area contributed by atoms with E-state index < -0.39 is 0 Å². The summed E-state index contributed by atoms with van der Waals surface area (Å²) in [4.78, 5) is 18.9. The smallest absolute Gasteiger partial charge is 0.258 e. The number of nitrogens with zero attached hydrogens (tertiary/aromatic N) is 1.